The van der Waals surface area contributed by atoms with Crippen molar-refractivity contribution in [3.63, 3.8) is 0 Å². The summed E-state index contributed by atoms with van der Waals surface area (Å²) in [6, 6.07) is 4.95. The number of carbonyl (C=O) groups is 1. The fourth-order valence-electron chi connectivity index (χ4n) is 1.57. The normalized spacial score (nSPS) is 11.3. The third kappa shape index (κ3) is 4.61. The molecule has 0 aliphatic heterocycles. The summed E-state index contributed by atoms with van der Waals surface area (Å²) in [4.78, 5) is 15.7. The quantitative estimate of drug-likeness (QED) is 0.908. The standard InChI is InChI=1S/C14H15Cl2N3O3/c1-14(2,3)21-13(20)17-7-11-18-12(19-22-11)9-6-8(15)4-5-10(9)16/h4-6H,7H2,1-3H3,(H,17,20). The van der Waals surface area contributed by atoms with Crippen molar-refractivity contribution in [3.8, 4) is 11.4 Å². The average molecular weight is 344 g/mol. The molecular weight excluding hydrogens is 329 g/mol. The van der Waals surface area contributed by atoms with Crippen LogP contribution in [-0.4, -0.2) is 21.8 Å². The Kier molecular flexibility index (Phi) is 4.93. The zero-order valence-corrected chi connectivity index (χ0v) is 13.8. The van der Waals surface area contributed by atoms with E-state index in [4.69, 9.17) is 32.5 Å². The maximum atomic E-state index is 11.5. The Morgan fingerprint density at radius 3 is 2.77 bits per heavy atom. The first kappa shape index (κ1) is 16.6. The van der Waals surface area contributed by atoms with Gasteiger partial charge in [0.15, 0.2) is 0 Å². The number of rotatable bonds is 3. The van der Waals surface area contributed by atoms with Crippen LogP contribution < -0.4 is 5.32 Å². The number of halogens is 2. The van der Waals surface area contributed by atoms with Crippen LogP contribution in [0.4, 0.5) is 4.79 Å². The Morgan fingerprint density at radius 1 is 1.36 bits per heavy atom. The number of benzene rings is 1. The van der Waals surface area contributed by atoms with Gasteiger partial charge in [0.25, 0.3) is 0 Å². The lowest BCUT2D eigenvalue weighted by molar-refractivity contribution is 0.0518. The molecule has 0 atom stereocenters. The molecule has 0 aliphatic rings. The van der Waals surface area contributed by atoms with Gasteiger partial charge < -0.3 is 14.6 Å². The Balaban J connectivity index is 2.03. The van der Waals surface area contributed by atoms with Crippen molar-refractivity contribution >= 4 is 29.3 Å². The Labute approximate surface area is 137 Å². The Morgan fingerprint density at radius 2 is 2.09 bits per heavy atom. The Hall–Kier alpha value is -1.79. The summed E-state index contributed by atoms with van der Waals surface area (Å²) in [6.07, 6.45) is -0.562. The van der Waals surface area contributed by atoms with E-state index in [-0.39, 0.29) is 12.4 Å². The van der Waals surface area contributed by atoms with Crippen molar-refractivity contribution < 1.29 is 14.1 Å². The zero-order chi connectivity index (χ0) is 16.3. The third-order valence-electron chi connectivity index (χ3n) is 2.42. The monoisotopic (exact) mass is 343 g/mol. The first-order valence-electron chi connectivity index (χ1n) is 6.49. The number of carbonyl (C=O) groups excluding carboxylic acids is 1. The fraction of sp³-hybridized carbons (Fsp3) is 0.357. The second-order valence-electron chi connectivity index (χ2n) is 5.49. The van der Waals surface area contributed by atoms with Crippen LogP contribution in [0.15, 0.2) is 22.7 Å². The van der Waals surface area contributed by atoms with Gasteiger partial charge in [-0.15, -0.1) is 0 Å². The summed E-state index contributed by atoms with van der Waals surface area (Å²) in [5.41, 5.74) is -0.0141. The SMILES string of the molecule is CC(C)(C)OC(=O)NCc1nc(-c2cc(Cl)ccc2Cl)no1. The van der Waals surface area contributed by atoms with E-state index in [1.54, 1.807) is 39.0 Å². The van der Waals surface area contributed by atoms with Crippen LogP contribution in [0.3, 0.4) is 0 Å². The lowest BCUT2D eigenvalue weighted by atomic mass is 10.2. The number of nitrogens with zero attached hydrogens (tertiary/aromatic N) is 2. The number of nitrogens with one attached hydrogen (secondary N) is 1. The minimum atomic E-state index is -0.571. The molecular formula is C14H15Cl2N3O3. The number of ether oxygens (including phenoxy) is 1. The second-order valence-corrected chi connectivity index (χ2v) is 6.33. The predicted octanol–water partition coefficient (Wildman–Crippen LogP) is 4.07. The highest BCUT2D eigenvalue weighted by Crippen LogP contribution is 2.28. The molecule has 0 saturated heterocycles. The van der Waals surface area contributed by atoms with Gasteiger partial charge in [-0.3, -0.25) is 0 Å². The van der Waals surface area contributed by atoms with Crippen LogP contribution in [0, 0.1) is 0 Å². The maximum Gasteiger partial charge on any atom is 0.408 e. The van der Waals surface area contributed by atoms with Crippen LogP contribution in [-0.2, 0) is 11.3 Å². The fourth-order valence-corrected chi connectivity index (χ4v) is 1.94. The molecule has 1 amide bonds. The minimum Gasteiger partial charge on any atom is -0.444 e. The molecule has 0 fully saturated rings. The van der Waals surface area contributed by atoms with Gasteiger partial charge in [-0.25, -0.2) is 4.79 Å². The number of hydrogen-bond donors (Lipinski definition) is 1. The number of hydrogen-bond acceptors (Lipinski definition) is 5. The smallest absolute Gasteiger partial charge is 0.408 e. The van der Waals surface area contributed by atoms with Gasteiger partial charge >= 0.3 is 6.09 Å². The molecule has 0 spiro atoms. The molecule has 0 saturated carbocycles. The molecule has 6 nitrogen and oxygen atoms in total. The van der Waals surface area contributed by atoms with Crippen molar-refractivity contribution in [2.45, 2.75) is 32.9 Å². The van der Waals surface area contributed by atoms with Gasteiger partial charge in [0.1, 0.15) is 12.1 Å². The van der Waals surface area contributed by atoms with Crippen LogP contribution >= 0.6 is 23.2 Å². The van der Waals surface area contributed by atoms with Crippen LogP contribution in [0.1, 0.15) is 26.7 Å². The highest BCUT2D eigenvalue weighted by Gasteiger charge is 2.17. The topological polar surface area (TPSA) is 77.2 Å². The first-order valence-corrected chi connectivity index (χ1v) is 7.25. The number of aromatic nitrogens is 2. The van der Waals surface area contributed by atoms with Gasteiger partial charge in [-0.2, -0.15) is 4.98 Å². The molecule has 1 heterocycles. The van der Waals surface area contributed by atoms with Crippen LogP contribution in [0.2, 0.25) is 10.0 Å². The molecule has 118 valence electrons. The molecule has 1 aromatic heterocycles. The van der Waals surface area contributed by atoms with Gasteiger partial charge in [0.2, 0.25) is 11.7 Å². The zero-order valence-electron chi connectivity index (χ0n) is 12.3. The molecule has 1 aromatic carbocycles. The van der Waals surface area contributed by atoms with Crippen LogP contribution in [0.25, 0.3) is 11.4 Å². The summed E-state index contributed by atoms with van der Waals surface area (Å²) < 4.78 is 10.2. The third-order valence-corrected chi connectivity index (χ3v) is 2.98. The molecule has 2 aromatic rings. The lowest BCUT2D eigenvalue weighted by Crippen LogP contribution is -2.32. The molecule has 22 heavy (non-hydrogen) atoms. The van der Waals surface area contributed by atoms with Gasteiger partial charge in [-0.05, 0) is 39.0 Å². The molecule has 0 radical (unpaired) electrons. The van der Waals surface area contributed by atoms with Crippen molar-refractivity contribution in [1.82, 2.24) is 15.5 Å². The average Bonchev–Trinajstić information content (AvgIpc) is 2.86. The summed E-state index contributed by atoms with van der Waals surface area (Å²) in [6.45, 7) is 5.38. The first-order chi connectivity index (χ1) is 10.2. The molecule has 2 rings (SSSR count). The molecule has 8 heteroatoms. The van der Waals surface area contributed by atoms with Crippen LogP contribution in [0.5, 0.6) is 0 Å². The van der Waals surface area contributed by atoms with Gasteiger partial charge in [-0.1, -0.05) is 28.4 Å². The lowest BCUT2D eigenvalue weighted by Gasteiger charge is -2.19. The number of amides is 1. The van der Waals surface area contributed by atoms with Gasteiger partial charge in [0, 0.05) is 10.6 Å². The Bertz CT molecular complexity index is 680. The summed E-state index contributed by atoms with van der Waals surface area (Å²) >= 11 is 12.0. The van der Waals surface area contributed by atoms with E-state index in [1.807, 2.05) is 0 Å². The predicted molar refractivity (Wildman–Crippen MR) is 82.8 cm³/mol. The molecule has 0 aliphatic carbocycles. The molecule has 0 bridgehead atoms. The maximum absolute atomic E-state index is 11.5. The highest BCUT2D eigenvalue weighted by atomic mass is 35.5. The van der Waals surface area contributed by atoms with E-state index in [9.17, 15) is 4.79 Å². The highest BCUT2D eigenvalue weighted by molar-refractivity contribution is 6.35. The second kappa shape index (κ2) is 6.54. The summed E-state index contributed by atoms with van der Waals surface area (Å²) in [7, 11) is 0. The molecule has 1 N–H and O–H groups in total. The minimum absolute atomic E-state index is 0.0557. The van der Waals surface area contributed by atoms with E-state index >= 15 is 0 Å². The van der Waals surface area contributed by atoms with E-state index in [2.05, 4.69) is 15.5 Å². The summed E-state index contributed by atoms with van der Waals surface area (Å²) in [5, 5.41) is 7.32. The van der Waals surface area contributed by atoms with Crippen molar-refractivity contribution in [2.24, 2.45) is 0 Å². The van der Waals surface area contributed by atoms with E-state index in [0.717, 1.165) is 0 Å². The van der Waals surface area contributed by atoms with E-state index in [0.29, 0.717) is 21.4 Å². The van der Waals surface area contributed by atoms with E-state index in [1.165, 1.54) is 0 Å². The molecule has 0 unspecified atom stereocenters. The van der Waals surface area contributed by atoms with Crippen molar-refractivity contribution in [1.29, 1.82) is 0 Å². The van der Waals surface area contributed by atoms with E-state index < -0.39 is 11.7 Å². The largest absolute Gasteiger partial charge is 0.444 e. The number of alkyl carbamates (subject to hydrolysis) is 1. The van der Waals surface area contributed by atoms with Crippen molar-refractivity contribution in [2.75, 3.05) is 0 Å². The summed E-state index contributed by atoms with van der Waals surface area (Å²) in [5.74, 6) is 0.533. The van der Waals surface area contributed by atoms with Crippen molar-refractivity contribution in [3.05, 3.63) is 34.1 Å². The van der Waals surface area contributed by atoms with Gasteiger partial charge in [0.05, 0.1) is 5.02 Å².